The Kier molecular flexibility index (Phi) is 5.90. The molecule has 2 aromatic rings. The van der Waals surface area contributed by atoms with Gasteiger partial charge in [0.15, 0.2) is 5.96 Å². The summed E-state index contributed by atoms with van der Waals surface area (Å²) in [6.07, 6.45) is 5.79. The molecule has 1 atom stereocenters. The molecule has 130 valence electrons. The van der Waals surface area contributed by atoms with Crippen LogP contribution in [0, 0.1) is 0 Å². The zero-order valence-corrected chi connectivity index (χ0v) is 14.1. The Bertz CT molecular complexity index is 603. The van der Waals surface area contributed by atoms with Gasteiger partial charge in [-0.05, 0) is 45.0 Å². The van der Waals surface area contributed by atoms with Crippen molar-refractivity contribution in [2.75, 3.05) is 26.2 Å². The molecule has 2 N–H and O–H groups in total. The summed E-state index contributed by atoms with van der Waals surface area (Å²) in [5, 5.41) is 10.6. The molecule has 0 spiro atoms. The number of hydrogen-bond donors (Lipinski definition) is 2. The first-order valence-corrected chi connectivity index (χ1v) is 8.55. The molecule has 2 aromatic heterocycles. The van der Waals surface area contributed by atoms with E-state index in [2.05, 4.69) is 32.6 Å². The fraction of sp³-hybridized carbons (Fsp3) is 0.529. The number of aliphatic imine (C=N–C) groups is 1. The van der Waals surface area contributed by atoms with E-state index in [1.165, 1.54) is 12.8 Å². The Morgan fingerprint density at radius 3 is 2.83 bits per heavy atom. The summed E-state index contributed by atoms with van der Waals surface area (Å²) in [5.41, 5.74) is 0.814. The van der Waals surface area contributed by atoms with Crippen LogP contribution < -0.4 is 10.6 Å². The molecule has 24 heavy (non-hydrogen) atoms. The average Bonchev–Trinajstić information content (AvgIpc) is 3.35. The van der Waals surface area contributed by atoms with Gasteiger partial charge in [-0.1, -0.05) is 5.16 Å². The maximum absolute atomic E-state index is 5.65. The van der Waals surface area contributed by atoms with E-state index >= 15 is 0 Å². The number of likely N-dealkylation sites (tertiary alicyclic amines) is 1. The lowest BCUT2D eigenvalue weighted by Gasteiger charge is -2.26. The van der Waals surface area contributed by atoms with Crippen molar-refractivity contribution in [2.45, 2.75) is 32.4 Å². The molecule has 0 radical (unpaired) electrons. The number of hydrogen-bond acceptors (Lipinski definition) is 5. The number of aromatic nitrogens is 1. The highest BCUT2D eigenvalue weighted by atomic mass is 16.5. The molecule has 0 bridgehead atoms. The van der Waals surface area contributed by atoms with E-state index in [9.17, 15) is 0 Å². The highest BCUT2D eigenvalue weighted by molar-refractivity contribution is 5.79. The van der Waals surface area contributed by atoms with Gasteiger partial charge in [0, 0.05) is 19.2 Å². The van der Waals surface area contributed by atoms with Crippen LogP contribution in [0.2, 0.25) is 0 Å². The van der Waals surface area contributed by atoms with Crippen molar-refractivity contribution in [1.82, 2.24) is 20.7 Å². The Morgan fingerprint density at radius 1 is 1.29 bits per heavy atom. The summed E-state index contributed by atoms with van der Waals surface area (Å²) in [7, 11) is 0. The van der Waals surface area contributed by atoms with Crippen LogP contribution in [0.1, 0.15) is 37.3 Å². The number of nitrogens with one attached hydrogen (secondary N) is 2. The molecule has 3 heterocycles. The van der Waals surface area contributed by atoms with Gasteiger partial charge in [0.1, 0.15) is 17.7 Å². The van der Waals surface area contributed by atoms with E-state index in [1.54, 1.807) is 12.5 Å². The fourth-order valence-electron chi connectivity index (χ4n) is 2.96. The highest BCUT2D eigenvalue weighted by Gasteiger charge is 2.25. The van der Waals surface area contributed by atoms with E-state index in [-0.39, 0.29) is 6.04 Å². The molecule has 1 saturated heterocycles. The van der Waals surface area contributed by atoms with Gasteiger partial charge < -0.3 is 19.6 Å². The Hall–Kier alpha value is -2.28. The van der Waals surface area contributed by atoms with Crippen LogP contribution in [0.25, 0.3) is 0 Å². The van der Waals surface area contributed by atoms with E-state index in [0.29, 0.717) is 6.54 Å². The smallest absolute Gasteiger partial charge is 0.191 e. The van der Waals surface area contributed by atoms with Crippen LogP contribution in [-0.4, -0.2) is 42.2 Å². The van der Waals surface area contributed by atoms with Gasteiger partial charge in [-0.15, -0.1) is 0 Å². The third kappa shape index (κ3) is 4.38. The average molecular weight is 331 g/mol. The quantitative estimate of drug-likeness (QED) is 0.598. The number of furan rings is 1. The second kappa shape index (κ2) is 8.54. The number of guanidine groups is 1. The molecule has 1 fully saturated rings. The first-order valence-electron chi connectivity index (χ1n) is 8.55. The molecule has 1 unspecified atom stereocenters. The van der Waals surface area contributed by atoms with Crippen LogP contribution in [-0.2, 0) is 6.54 Å². The second-order valence-corrected chi connectivity index (χ2v) is 5.84. The van der Waals surface area contributed by atoms with Gasteiger partial charge in [-0.3, -0.25) is 4.90 Å². The van der Waals surface area contributed by atoms with E-state index in [1.807, 2.05) is 18.2 Å². The molecule has 3 rings (SSSR count). The molecule has 0 saturated carbocycles. The van der Waals surface area contributed by atoms with Gasteiger partial charge >= 0.3 is 0 Å². The Labute approximate surface area is 142 Å². The van der Waals surface area contributed by atoms with Crippen molar-refractivity contribution >= 4 is 5.96 Å². The SMILES string of the molecule is CCNC(=NCc1ccon1)NCC(c1ccco1)N1CCCC1. The zero-order chi connectivity index (χ0) is 16.6. The first kappa shape index (κ1) is 16.6. The predicted molar refractivity (Wildman–Crippen MR) is 91.6 cm³/mol. The lowest BCUT2D eigenvalue weighted by atomic mass is 10.2. The maximum Gasteiger partial charge on any atom is 0.191 e. The maximum atomic E-state index is 5.65. The van der Waals surface area contributed by atoms with Gasteiger partial charge in [0.25, 0.3) is 0 Å². The van der Waals surface area contributed by atoms with Crippen LogP contribution in [0.4, 0.5) is 0 Å². The molecule has 1 aliphatic rings. The Balaban J connectivity index is 1.63. The van der Waals surface area contributed by atoms with Crippen molar-refractivity contribution < 1.29 is 8.94 Å². The standard InChI is InChI=1S/C17H25N5O2/c1-2-18-17(19-12-14-7-11-24-21-14)20-13-15(16-6-5-10-23-16)22-8-3-4-9-22/h5-7,10-11,15H,2-4,8-9,12-13H2,1H3,(H2,18,19,20). The van der Waals surface area contributed by atoms with Gasteiger partial charge in [0.05, 0.1) is 18.8 Å². The molecule has 7 heteroatoms. The third-order valence-corrected chi connectivity index (χ3v) is 4.15. The van der Waals surface area contributed by atoms with Crippen LogP contribution >= 0.6 is 0 Å². The molecule has 0 aromatic carbocycles. The summed E-state index contributed by atoms with van der Waals surface area (Å²) in [6, 6.07) is 6.04. The summed E-state index contributed by atoms with van der Waals surface area (Å²) >= 11 is 0. The van der Waals surface area contributed by atoms with Crippen molar-refractivity contribution in [3.05, 3.63) is 42.2 Å². The van der Waals surface area contributed by atoms with Crippen molar-refractivity contribution in [3.8, 4) is 0 Å². The largest absolute Gasteiger partial charge is 0.468 e. The van der Waals surface area contributed by atoms with Gasteiger partial charge in [0.2, 0.25) is 0 Å². The Morgan fingerprint density at radius 2 is 2.17 bits per heavy atom. The topological polar surface area (TPSA) is 78.8 Å². The molecular formula is C17H25N5O2. The lowest BCUT2D eigenvalue weighted by molar-refractivity contribution is 0.215. The van der Waals surface area contributed by atoms with Gasteiger partial charge in [-0.25, -0.2) is 4.99 Å². The first-order chi connectivity index (χ1) is 11.9. The van der Waals surface area contributed by atoms with E-state index in [4.69, 9.17) is 8.94 Å². The third-order valence-electron chi connectivity index (χ3n) is 4.15. The monoisotopic (exact) mass is 331 g/mol. The van der Waals surface area contributed by atoms with E-state index in [0.717, 1.165) is 43.6 Å². The molecule has 7 nitrogen and oxygen atoms in total. The lowest BCUT2D eigenvalue weighted by Crippen LogP contribution is -2.42. The van der Waals surface area contributed by atoms with Crippen LogP contribution in [0.3, 0.4) is 0 Å². The fourth-order valence-corrected chi connectivity index (χ4v) is 2.96. The summed E-state index contributed by atoms with van der Waals surface area (Å²) in [5.74, 6) is 1.77. The number of rotatable bonds is 7. The van der Waals surface area contributed by atoms with Crippen molar-refractivity contribution in [1.29, 1.82) is 0 Å². The van der Waals surface area contributed by atoms with Gasteiger partial charge in [-0.2, -0.15) is 0 Å². The van der Waals surface area contributed by atoms with Crippen molar-refractivity contribution in [2.24, 2.45) is 4.99 Å². The molecule has 0 aliphatic carbocycles. The molecular weight excluding hydrogens is 306 g/mol. The summed E-state index contributed by atoms with van der Waals surface area (Å²) in [6.45, 7) is 6.32. The molecule has 1 aliphatic heterocycles. The minimum Gasteiger partial charge on any atom is -0.468 e. The highest BCUT2D eigenvalue weighted by Crippen LogP contribution is 2.24. The summed E-state index contributed by atoms with van der Waals surface area (Å²) in [4.78, 5) is 7.02. The van der Waals surface area contributed by atoms with Crippen LogP contribution in [0.5, 0.6) is 0 Å². The summed E-state index contributed by atoms with van der Waals surface area (Å²) < 4.78 is 10.5. The zero-order valence-electron chi connectivity index (χ0n) is 14.1. The van der Waals surface area contributed by atoms with Crippen LogP contribution in [0.15, 0.2) is 44.7 Å². The minimum atomic E-state index is 0.221. The molecule has 0 amide bonds. The minimum absolute atomic E-state index is 0.221. The number of nitrogens with zero attached hydrogens (tertiary/aromatic N) is 3. The second-order valence-electron chi connectivity index (χ2n) is 5.84. The normalized spacial score (nSPS) is 17.1. The predicted octanol–water partition coefficient (Wildman–Crippen LogP) is 2.16. The van der Waals surface area contributed by atoms with E-state index < -0.39 is 0 Å². The van der Waals surface area contributed by atoms with Crippen molar-refractivity contribution in [3.63, 3.8) is 0 Å².